The fourth-order valence-corrected chi connectivity index (χ4v) is 2.21. The Morgan fingerprint density at radius 2 is 1.84 bits per heavy atom. The van der Waals surface area contributed by atoms with E-state index in [0.29, 0.717) is 0 Å². The highest BCUT2D eigenvalue weighted by Crippen LogP contribution is 2.21. The second-order valence-corrected chi connectivity index (χ2v) is 4.30. The monoisotopic (exact) mass is 252 g/mol. The highest BCUT2D eigenvalue weighted by molar-refractivity contribution is 5.78. The lowest BCUT2D eigenvalue weighted by Gasteiger charge is -2.09. The first-order valence-corrected chi connectivity index (χ1v) is 5.98. The molecule has 3 rings (SSSR count). The minimum Gasteiger partial charge on any atom is -0.481 e. The molecular formula is C15H12N2O2. The largest absolute Gasteiger partial charge is 0.481 e. The van der Waals surface area contributed by atoms with E-state index in [4.69, 9.17) is 5.11 Å². The molecular weight excluding hydrogens is 240 g/mol. The second kappa shape index (κ2) is 4.57. The molecule has 1 heterocycles. The van der Waals surface area contributed by atoms with Crippen molar-refractivity contribution in [1.82, 2.24) is 9.55 Å². The summed E-state index contributed by atoms with van der Waals surface area (Å²) in [7, 11) is 0. The lowest BCUT2D eigenvalue weighted by Crippen LogP contribution is -2.05. The topological polar surface area (TPSA) is 55.1 Å². The van der Waals surface area contributed by atoms with Crippen LogP contribution in [0.1, 0.15) is 5.56 Å². The van der Waals surface area contributed by atoms with Crippen LogP contribution in [0, 0.1) is 0 Å². The van der Waals surface area contributed by atoms with Gasteiger partial charge in [0.25, 0.3) is 0 Å². The summed E-state index contributed by atoms with van der Waals surface area (Å²) in [4.78, 5) is 15.3. The number of imidazole rings is 1. The Bertz CT molecular complexity index is 746. The van der Waals surface area contributed by atoms with Crippen LogP contribution in [0.2, 0.25) is 0 Å². The maximum absolute atomic E-state index is 10.9. The fraction of sp³-hybridized carbons (Fsp3) is 0.0667. The molecule has 0 atom stereocenters. The van der Waals surface area contributed by atoms with Crippen LogP contribution in [-0.4, -0.2) is 20.6 Å². The minimum absolute atomic E-state index is 0.00266. The van der Waals surface area contributed by atoms with Crippen molar-refractivity contribution < 1.29 is 9.90 Å². The Labute approximate surface area is 109 Å². The molecule has 0 saturated heterocycles. The van der Waals surface area contributed by atoms with Crippen molar-refractivity contribution >= 4 is 17.0 Å². The molecule has 94 valence electrons. The lowest BCUT2D eigenvalue weighted by atomic mass is 10.1. The number of benzene rings is 2. The van der Waals surface area contributed by atoms with Crippen LogP contribution in [0.15, 0.2) is 54.9 Å². The zero-order valence-corrected chi connectivity index (χ0v) is 10.2. The van der Waals surface area contributed by atoms with Crippen molar-refractivity contribution in [3.05, 3.63) is 60.4 Å². The van der Waals surface area contributed by atoms with Crippen LogP contribution in [0.5, 0.6) is 0 Å². The SMILES string of the molecule is O=C(O)Cc1ccccc1-n1cnc2ccccc21. The third-order valence-electron chi connectivity index (χ3n) is 3.05. The Balaban J connectivity index is 2.19. The molecule has 0 aliphatic carbocycles. The number of carbonyl (C=O) groups is 1. The smallest absolute Gasteiger partial charge is 0.307 e. The fourth-order valence-electron chi connectivity index (χ4n) is 2.21. The first-order chi connectivity index (χ1) is 9.25. The molecule has 0 aliphatic heterocycles. The van der Waals surface area contributed by atoms with Crippen LogP contribution in [0.4, 0.5) is 0 Å². The molecule has 0 bridgehead atoms. The van der Waals surface area contributed by atoms with E-state index in [2.05, 4.69) is 4.98 Å². The molecule has 0 fully saturated rings. The number of fused-ring (bicyclic) bond motifs is 1. The molecule has 0 unspecified atom stereocenters. The van der Waals surface area contributed by atoms with Gasteiger partial charge in [0.15, 0.2) is 0 Å². The van der Waals surface area contributed by atoms with Gasteiger partial charge in [-0.05, 0) is 23.8 Å². The Morgan fingerprint density at radius 3 is 2.68 bits per heavy atom. The van der Waals surface area contributed by atoms with E-state index < -0.39 is 5.97 Å². The van der Waals surface area contributed by atoms with Gasteiger partial charge in [0.1, 0.15) is 6.33 Å². The lowest BCUT2D eigenvalue weighted by molar-refractivity contribution is -0.136. The molecule has 0 aliphatic rings. The minimum atomic E-state index is -0.836. The predicted molar refractivity (Wildman–Crippen MR) is 72.4 cm³/mol. The van der Waals surface area contributed by atoms with E-state index in [1.165, 1.54) is 0 Å². The maximum Gasteiger partial charge on any atom is 0.307 e. The van der Waals surface area contributed by atoms with Crippen LogP contribution >= 0.6 is 0 Å². The van der Waals surface area contributed by atoms with Crippen LogP contribution in [0.25, 0.3) is 16.7 Å². The molecule has 0 amide bonds. The van der Waals surface area contributed by atoms with E-state index in [1.807, 2.05) is 53.1 Å². The van der Waals surface area contributed by atoms with Gasteiger partial charge in [0, 0.05) is 0 Å². The van der Waals surface area contributed by atoms with Gasteiger partial charge in [-0.15, -0.1) is 0 Å². The van der Waals surface area contributed by atoms with E-state index in [1.54, 1.807) is 6.33 Å². The highest BCUT2D eigenvalue weighted by Gasteiger charge is 2.10. The third-order valence-corrected chi connectivity index (χ3v) is 3.05. The molecule has 0 saturated carbocycles. The summed E-state index contributed by atoms with van der Waals surface area (Å²) in [5.74, 6) is -0.836. The van der Waals surface area contributed by atoms with E-state index in [9.17, 15) is 4.79 Å². The summed E-state index contributed by atoms with van der Waals surface area (Å²) in [5.41, 5.74) is 3.50. The number of hydrogen-bond donors (Lipinski definition) is 1. The zero-order chi connectivity index (χ0) is 13.2. The van der Waals surface area contributed by atoms with E-state index >= 15 is 0 Å². The Morgan fingerprint density at radius 1 is 1.11 bits per heavy atom. The van der Waals surface area contributed by atoms with Gasteiger partial charge in [-0.25, -0.2) is 4.98 Å². The Hall–Kier alpha value is -2.62. The van der Waals surface area contributed by atoms with Gasteiger partial charge < -0.3 is 5.11 Å². The molecule has 4 nitrogen and oxygen atoms in total. The van der Waals surface area contributed by atoms with Crippen molar-refractivity contribution in [1.29, 1.82) is 0 Å². The third kappa shape index (κ3) is 2.08. The number of aromatic nitrogens is 2. The van der Waals surface area contributed by atoms with Crippen molar-refractivity contribution in [2.24, 2.45) is 0 Å². The average molecular weight is 252 g/mol. The molecule has 1 N–H and O–H groups in total. The van der Waals surface area contributed by atoms with Crippen LogP contribution < -0.4 is 0 Å². The average Bonchev–Trinajstić information content (AvgIpc) is 2.82. The van der Waals surface area contributed by atoms with Crippen molar-refractivity contribution in [3.8, 4) is 5.69 Å². The first-order valence-electron chi connectivity index (χ1n) is 5.98. The molecule has 0 spiro atoms. The van der Waals surface area contributed by atoms with Crippen molar-refractivity contribution in [3.63, 3.8) is 0 Å². The summed E-state index contributed by atoms with van der Waals surface area (Å²) in [6, 6.07) is 15.3. The van der Waals surface area contributed by atoms with Gasteiger partial charge in [-0.2, -0.15) is 0 Å². The van der Waals surface area contributed by atoms with Gasteiger partial charge in [0.05, 0.1) is 23.1 Å². The second-order valence-electron chi connectivity index (χ2n) is 4.30. The number of para-hydroxylation sites is 3. The molecule has 3 aromatic rings. The first kappa shape index (κ1) is 11.5. The zero-order valence-electron chi connectivity index (χ0n) is 10.2. The molecule has 19 heavy (non-hydrogen) atoms. The van der Waals surface area contributed by atoms with Crippen LogP contribution in [-0.2, 0) is 11.2 Å². The van der Waals surface area contributed by atoms with Gasteiger partial charge >= 0.3 is 5.97 Å². The van der Waals surface area contributed by atoms with Crippen molar-refractivity contribution in [2.45, 2.75) is 6.42 Å². The molecule has 2 aromatic carbocycles. The normalized spacial score (nSPS) is 10.7. The summed E-state index contributed by atoms with van der Waals surface area (Å²) >= 11 is 0. The number of aliphatic carboxylic acids is 1. The quantitative estimate of drug-likeness (QED) is 0.779. The number of carboxylic acids is 1. The number of rotatable bonds is 3. The Kier molecular flexibility index (Phi) is 2.76. The number of carboxylic acid groups (broad SMARTS) is 1. The highest BCUT2D eigenvalue weighted by atomic mass is 16.4. The predicted octanol–water partition coefficient (Wildman–Crippen LogP) is 2.65. The maximum atomic E-state index is 10.9. The van der Waals surface area contributed by atoms with Gasteiger partial charge in [-0.1, -0.05) is 30.3 Å². The van der Waals surface area contributed by atoms with Gasteiger partial charge in [0.2, 0.25) is 0 Å². The molecule has 0 radical (unpaired) electrons. The summed E-state index contributed by atoms with van der Waals surface area (Å²) in [6.07, 6.45) is 1.73. The summed E-state index contributed by atoms with van der Waals surface area (Å²) < 4.78 is 1.92. The standard InChI is InChI=1S/C15H12N2O2/c18-15(19)9-11-5-1-3-7-13(11)17-10-16-12-6-2-4-8-14(12)17/h1-8,10H,9H2,(H,18,19). The summed E-state index contributed by atoms with van der Waals surface area (Å²) in [5, 5.41) is 8.98. The van der Waals surface area contributed by atoms with Crippen molar-refractivity contribution in [2.75, 3.05) is 0 Å². The molecule has 1 aromatic heterocycles. The number of hydrogen-bond acceptors (Lipinski definition) is 2. The van der Waals surface area contributed by atoms with Gasteiger partial charge in [-0.3, -0.25) is 9.36 Å². The van der Waals surface area contributed by atoms with E-state index in [0.717, 1.165) is 22.3 Å². The number of nitrogens with zero attached hydrogens (tertiary/aromatic N) is 2. The summed E-state index contributed by atoms with van der Waals surface area (Å²) in [6.45, 7) is 0. The van der Waals surface area contributed by atoms with Crippen LogP contribution in [0.3, 0.4) is 0 Å². The van der Waals surface area contributed by atoms with E-state index in [-0.39, 0.29) is 6.42 Å². The molecule has 4 heteroatoms.